The molecule has 1 heterocycles. The van der Waals surface area contributed by atoms with Gasteiger partial charge in [-0.05, 0) is 22.6 Å². The Labute approximate surface area is 119 Å². The third-order valence-corrected chi connectivity index (χ3v) is 3.68. The molecular formula is C15H21ClFNO. The molecule has 0 radical (unpaired) electrons. The average molecular weight is 286 g/mol. The molecule has 0 amide bonds. The first kappa shape index (κ1) is 14.8. The fourth-order valence-corrected chi connectivity index (χ4v) is 2.54. The molecule has 1 aliphatic heterocycles. The number of nitrogens with zero attached hydrogens (tertiary/aromatic N) is 1. The van der Waals surface area contributed by atoms with Crippen molar-refractivity contribution in [1.29, 1.82) is 0 Å². The monoisotopic (exact) mass is 285 g/mol. The molecule has 0 spiro atoms. The summed E-state index contributed by atoms with van der Waals surface area (Å²) in [5, 5.41) is 0.218. The van der Waals surface area contributed by atoms with Gasteiger partial charge in [-0.15, -0.1) is 0 Å². The van der Waals surface area contributed by atoms with Crippen LogP contribution in [0.25, 0.3) is 0 Å². The normalized spacial score (nSPS) is 17.7. The van der Waals surface area contributed by atoms with Gasteiger partial charge in [0.1, 0.15) is 5.82 Å². The molecule has 0 aliphatic carbocycles. The molecule has 4 heteroatoms. The van der Waals surface area contributed by atoms with E-state index in [1.807, 2.05) is 26.8 Å². The van der Waals surface area contributed by atoms with Crippen LogP contribution in [0.1, 0.15) is 31.9 Å². The molecule has 1 fully saturated rings. The molecule has 0 bridgehead atoms. The van der Waals surface area contributed by atoms with E-state index < -0.39 is 0 Å². The summed E-state index contributed by atoms with van der Waals surface area (Å²) in [6, 6.07) is 3.68. The van der Waals surface area contributed by atoms with Crippen molar-refractivity contribution in [2.75, 3.05) is 26.3 Å². The first-order valence-electron chi connectivity index (χ1n) is 6.66. The first-order valence-corrected chi connectivity index (χ1v) is 7.04. The Kier molecular flexibility index (Phi) is 4.49. The van der Waals surface area contributed by atoms with E-state index in [9.17, 15) is 4.39 Å². The van der Waals surface area contributed by atoms with Gasteiger partial charge in [-0.1, -0.05) is 38.4 Å². The van der Waals surface area contributed by atoms with Gasteiger partial charge in [-0.25, -0.2) is 4.39 Å². The number of hydrogen-bond donors (Lipinski definition) is 0. The van der Waals surface area contributed by atoms with Crippen LogP contribution in [0.15, 0.2) is 12.1 Å². The van der Waals surface area contributed by atoms with Gasteiger partial charge in [0.2, 0.25) is 0 Å². The molecule has 106 valence electrons. The SMILES string of the molecule is CC(C)(C)c1cc(CN2CCOCC2)cc(Cl)c1F. The van der Waals surface area contributed by atoms with Crippen LogP contribution in [0.4, 0.5) is 4.39 Å². The van der Waals surface area contributed by atoms with E-state index in [2.05, 4.69) is 4.90 Å². The molecule has 1 saturated heterocycles. The van der Waals surface area contributed by atoms with Crippen molar-refractivity contribution in [2.24, 2.45) is 0 Å². The summed E-state index contributed by atoms with van der Waals surface area (Å²) < 4.78 is 19.4. The Morgan fingerprint density at radius 3 is 2.47 bits per heavy atom. The fourth-order valence-electron chi connectivity index (χ4n) is 2.30. The predicted octanol–water partition coefficient (Wildman–Crippen LogP) is 3.61. The lowest BCUT2D eigenvalue weighted by molar-refractivity contribution is 0.0341. The highest BCUT2D eigenvalue weighted by Gasteiger charge is 2.22. The van der Waals surface area contributed by atoms with Crippen molar-refractivity contribution < 1.29 is 9.13 Å². The zero-order valence-electron chi connectivity index (χ0n) is 11.8. The van der Waals surface area contributed by atoms with Gasteiger partial charge in [0.05, 0.1) is 18.2 Å². The standard InChI is InChI=1S/C15H21ClFNO/c1-15(2,3)12-8-11(9-13(16)14(12)17)10-18-4-6-19-7-5-18/h8-9H,4-7,10H2,1-3H3. The van der Waals surface area contributed by atoms with Crippen LogP contribution in [-0.4, -0.2) is 31.2 Å². The van der Waals surface area contributed by atoms with Gasteiger partial charge in [0.15, 0.2) is 0 Å². The van der Waals surface area contributed by atoms with Crippen LogP contribution in [0.5, 0.6) is 0 Å². The Morgan fingerprint density at radius 2 is 1.89 bits per heavy atom. The topological polar surface area (TPSA) is 12.5 Å². The number of morpholine rings is 1. The third kappa shape index (κ3) is 3.68. The highest BCUT2D eigenvalue weighted by atomic mass is 35.5. The number of halogens is 2. The molecule has 0 N–H and O–H groups in total. The van der Waals surface area contributed by atoms with Crippen LogP contribution in [-0.2, 0) is 16.7 Å². The Bertz CT molecular complexity index is 450. The highest BCUT2D eigenvalue weighted by molar-refractivity contribution is 6.30. The second-order valence-electron chi connectivity index (χ2n) is 6.08. The van der Waals surface area contributed by atoms with E-state index in [4.69, 9.17) is 16.3 Å². The molecule has 1 aromatic rings. The lowest BCUT2D eigenvalue weighted by atomic mass is 9.85. The maximum atomic E-state index is 14.1. The van der Waals surface area contributed by atoms with Crippen LogP contribution in [0.3, 0.4) is 0 Å². The van der Waals surface area contributed by atoms with Crippen molar-refractivity contribution in [2.45, 2.75) is 32.7 Å². The second kappa shape index (κ2) is 5.78. The molecular weight excluding hydrogens is 265 g/mol. The summed E-state index contributed by atoms with van der Waals surface area (Å²) in [5.74, 6) is -0.292. The number of ether oxygens (including phenoxy) is 1. The summed E-state index contributed by atoms with van der Waals surface area (Å²) in [6.45, 7) is 10.2. The summed E-state index contributed by atoms with van der Waals surface area (Å²) in [6.07, 6.45) is 0. The van der Waals surface area contributed by atoms with Crippen molar-refractivity contribution in [3.63, 3.8) is 0 Å². The van der Waals surface area contributed by atoms with Crippen molar-refractivity contribution in [1.82, 2.24) is 4.90 Å². The minimum Gasteiger partial charge on any atom is -0.379 e. The Balaban J connectivity index is 2.23. The lowest BCUT2D eigenvalue weighted by Gasteiger charge is -2.28. The van der Waals surface area contributed by atoms with Gasteiger partial charge >= 0.3 is 0 Å². The van der Waals surface area contributed by atoms with Gasteiger partial charge in [0, 0.05) is 19.6 Å². The van der Waals surface area contributed by atoms with E-state index >= 15 is 0 Å². The molecule has 19 heavy (non-hydrogen) atoms. The largest absolute Gasteiger partial charge is 0.379 e. The van der Waals surface area contributed by atoms with Crippen LogP contribution in [0, 0.1) is 5.82 Å². The smallest absolute Gasteiger partial charge is 0.145 e. The zero-order chi connectivity index (χ0) is 14.0. The van der Waals surface area contributed by atoms with Gasteiger partial charge < -0.3 is 4.74 Å². The third-order valence-electron chi connectivity index (χ3n) is 3.41. The minimum absolute atomic E-state index is 0.218. The van der Waals surface area contributed by atoms with Crippen LogP contribution < -0.4 is 0 Å². The Morgan fingerprint density at radius 1 is 1.26 bits per heavy atom. The molecule has 0 atom stereocenters. The summed E-state index contributed by atoms with van der Waals surface area (Å²) in [4.78, 5) is 2.31. The van der Waals surface area contributed by atoms with Gasteiger partial charge in [-0.3, -0.25) is 4.90 Å². The predicted molar refractivity (Wildman–Crippen MR) is 76.2 cm³/mol. The Hall–Kier alpha value is -0.640. The van der Waals surface area contributed by atoms with Crippen molar-refractivity contribution >= 4 is 11.6 Å². The molecule has 0 saturated carbocycles. The summed E-state index contributed by atoms with van der Waals surface area (Å²) >= 11 is 6.02. The maximum Gasteiger partial charge on any atom is 0.145 e. The summed E-state index contributed by atoms with van der Waals surface area (Å²) in [5.41, 5.74) is 1.51. The zero-order valence-corrected chi connectivity index (χ0v) is 12.6. The molecule has 2 nitrogen and oxygen atoms in total. The van der Waals surface area contributed by atoms with E-state index in [1.54, 1.807) is 6.07 Å². The van der Waals surface area contributed by atoms with Crippen LogP contribution >= 0.6 is 11.6 Å². The molecule has 0 aromatic heterocycles. The van der Waals surface area contributed by atoms with E-state index in [0.29, 0.717) is 5.56 Å². The van der Waals surface area contributed by atoms with E-state index in [0.717, 1.165) is 38.4 Å². The molecule has 1 aromatic carbocycles. The fraction of sp³-hybridized carbons (Fsp3) is 0.600. The van der Waals surface area contributed by atoms with Gasteiger partial charge in [-0.2, -0.15) is 0 Å². The highest BCUT2D eigenvalue weighted by Crippen LogP contribution is 2.31. The lowest BCUT2D eigenvalue weighted by Crippen LogP contribution is -2.35. The maximum absolute atomic E-state index is 14.1. The minimum atomic E-state index is -0.292. The first-order chi connectivity index (χ1) is 8.88. The molecule has 1 aliphatic rings. The van der Waals surface area contributed by atoms with Crippen molar-refractivity contribution in [3.8, 4) is 0 Å². The van der Waals surface area contributed by atoms with Crippen LogP contribution in [0.2, 0.25) is 5.02 Å². The average Bonchev–Trinajstić information content (AvgIpc) is 2.33. The van der Waals surface area contributed by atoms with Gasteiger partial charge in [0.25, 0.3) is 0 Å². The summed E-state index contributed by atoms with van der Waals surface area (Å²) in [7, 11) is 0. The number of rotatable bonds is 2. The number of hydrogen-bond acceptors (Lipinski definition) is 2. The quantitative estimate of drug-likeness (QED) is 0.823. The van der Waals surface area contributed by atoms with E-state index in [-0.39, 0.29) is 16.3 Å². The molecule has 0 unspecified atom stereocenters. The number of benzene rings is 1. The molecule has 2 rings (SSSR count). The van der Waals surface area contributed by atoms with E-state index in [1.165, 1.54) is 0 Å². The second-order valence-corrected chi connectivity index (χ2v) is 6.48. The van der Waals surface area contributed by atoms with Crippen molar-refractivity contribution in [3.05, 3.63) is 34.1 Å².